The summed E-state index contributed by atoms with van der Waals surface area (Å²) in [5, 5.41) is 14.3. The van der Waals surface area contributed by atoms with Crippen LogP contribution in [0.25, 0.3) is 10.7 Å². The second-order valence-corrected chi connectivity index (χ2v) is 11.4. The van der Waals surface area contributed by atoms with Crippen molar-refractivity contribution in [2.45, 2.75) is 36.9 Å². The number of fused-ring (bicyclic) bond motifs is 1. The monoisotopic (exact) mass is 566 g/mol. The lowest BCUT2D eigenvalue weighted by molar-refractivity contribution is -0.113. The molecule has 0 saturated heterocycles. The standard InChI is InChI=1S/C30H26N6O2S2/c37-25-17-22(21-10-5-2-6-11-21)16-24-23(25)18-31-29(32-24)33-27(38)19-40-30-35-34-28(26-12-7-15-39-26)36(30)14-13-20-8-3-1-4-9-20/h1-12,15,18,22H,13-14,16-17,19H2,(H,31,32,33,38)/t22-/m0/s1. The van der Waals surface area contributed by atoms with Crippen LogP contribution in [0.1, 0.15) is 39.5 Å². The van der Waals surface area contributed by atoms with Crippen molar-refractivity contribution in [1.82, 2.24) is 24.7 Å². The number of thioether (sulfide) groups is 1. The normalized spacial score (nSPS) is 14.6. The van der Waals surface area contributed by atoms with Gasteiger partial charge in [-0.2, -0.15) is 0 Å². The molecule has 6 rings (SSSR count). The Morgan fingerprint density at radius 3 is 2.58 bits per heavy atom. The number of Topliss-reactive ketones (excluding diaryl/α,β-unsaturated/α-hetero) is 1. The molecule has 1 N–H and O–H groups in total. The van der Waals surface area contributed by atoms with E-state index in [9.17, 15) is 9.59 Å². The molecule has 0 radical (unpaired) electrons. The lowest BCUT2D eigenvalue weighted by Crippen LogP contribution is -2.23. The molecule has 0 aliphatic heterocycles. The summed E-state index contributed by atoms with van der Waals surface area (Å²) in [6, 6.07) is 24.3. The van der Waals surface area contributed by atoms with Gasteiger partial charge in [-0.05, 0) is 41.3 Å². The Morgan fingerprint density at radius 2 is 1.80 bits per heavy atom. The highest BCUT2D eigenvalue weighted by Crippen LogP contribution is 2.32. The highest BCUT2D eigenvalue weighted by Gasteiger charge is 2.28. The molecule has 3 heterocycles. The number of amides is 1. The maximum absolute atomic E-state index is 12.9. The zero-order valence-corrected chi connectivity index (χ0v) is 23.2. The maximum atomic E-state index is 12.9. The van der Waals surface area contributed by atoms with Crippen LogP contribution in [0.5, 0.6) is 0 Å². The summed E-state index contributed by atoms with van der Waals surface area (Å²) in [5.41, 5.74) is 3.54. The van der Waals surface area contributed by atoms with Crippen molar-refractivity contribution in [2.75, 3.05) is 11.1 Å². The molecule has 10 heteroatoms. The highest BCUT2D eigenvalue weighted by molar-refractivity contribution is 7.99. The SMILES string of the molecule is O=C(CSc1nnc(-c2cccs2)n1CCc1ccccc1)Nc1ncc2c(n1)C[C@H](c1ccccc1)CC2=O. The minimum atomic E-state index is -0.248. The summed E-state index contributed by atoms with van der Waals surface area (Å²) in [4.78, 5) is 35.5. The predicted octanol–water partition coefficient (Wildman–Crippen LogP) is 5.68. The summed E-state index contributed by atoms with van der Waals surface area (Å²) in [6.45, 7) is 0.693. The van der Waals surface area contributed by atoms with Crippen LogP contribution in [0.3, 0.4) is 0 Å². The van der Waals surface area contributed by atoms with Gasteiger partial charge < -0.3 is 4.57 Å². The van der Waals surface area contributed by atoms with Crippen LogP contribution in [0, 0.1) is 0 Å². The van der Waals surface area contributed by atoms with E-state index in [1.807, 2.05) is 66.0 Å². The second kappa shape index (κ2) is 11.9. The number of hydrogen-bond donors (Lipinski definition) is 1. The Morgan fingerprint density at radius 1 is 1.00 bits per heavy atom. The van der Waals surface area contributed by atoms with Crippen LogP contribution in [0.2, 0.25) is 0 Å². The first kappa shape index (κ1) is 26.1. The molecule has 0 saturated carbocycles. The summed E-state index contributed by atoms with van der Waals surface area (Å²) in [6.07, 6.45) is 3.41. The molecule has 3 aromatic heterocycles. The zero-order valence-electron chi connectivity index (χ0n) is 21.6. The van der Waals surface area contributed by atoms with E-state index in [1.54, 1.807) is 11.3 Å². The molecule has 0 fully saturated rings. The minimum Gasteiger partial charge on any atom is -0.301 e. The third-order valence-corrected chi connectivity index (χ3v) is 8.65. The number of nitrogens with zero attached hydrogens (tertiary/aromatic N) is 5. The first-order valence-corrected chi connectivity index (χ1v) is 14.9. The molecule has 2 aromatic carbocycles. The molecule has 8 nitrogen and oxygen atoms in total. The quantitative estimate of drug-likeness (QED) is 0.229. The molecule has 200 valence electrons. The Labute approximate surface area is 239 Å². The average molecular weight is 567 g/mol. The van der Waals surface area contributed by atoms with Crippen LogP contribution in [0.15, 0.2) is 89.5 Å². The molecular weight excluding hydrogens is 541 g/mol. The van der Waals surface area contributed by atoms with Crippen molar-refractivity contribution in [2.24, 2.45) is 0 Å². The van der Waals surface area contributed by atoms with Crippen LogP contribution in [0.4, 0.5) is 5.95 Å². The van der Waals surface area contributed by atoms with E-state index in [2.05, 4.69) is 42.2 Å². The lowest BCUT2D eigenvalue weighted by atomic mass is 9.82. The van der Waals surface area contributed by atoms with E-state index in [-0.39, 0.29) is 29.3 Å². The summed E-state index contributed by atoms with van der Waals surface area (Å²) in [5.74, 6) is 0.969. The number of ketones is 1. The first-order valence-electron chi connectivity index (χ1n) is 13.0. The molecule has 0 unspecified atom stereocenters. The number of carbonyl (C=O) groups excluding carboxylic acids is 2. The smallest absolute Gasteiger partial charge is 0.237 e. The predicted molar refractivity (Wildman–Crippen MR) is 157 cm³/mol. The van der Waals surface area contributed by atoms with Gasteiger partial charge in [0.2, 0.25) is 11.9 Å². The Hall–Kier alpha value is -4.15. The highest BCUT2D eigenvalue weighted by atomic mass is 32.2. The van der Waals surface area contributed by atoms with Crippen molar-refractivity contribution in [3.8, 4) is 10.7 Å². The molecule has 0 spiro atoms. The van der Waals surface area contributed by atoms with E-state index in [4.69, 9.17) is 0 Å². The molecular formula is C30H26N6O2S2. The summed E-state index contributed by atoms with van der Waals surface area (Å²) in [7, 11) is 0. The van der Waals surface area contributed by atoms with Gasteiger partial charge in [0, 0.05) is 19.2 Å². The van der Waals surface area contributed by atoms with Gasteiger partial charge in [0.1, 0.15) is 0 Å². The Kier molecular flexibility index (Phi) is 7.78. The summed E-state index contributed by atoms with van der Waals surface area (Å²) >= 11 is 2.94. The number of anilines is 1. The van der Waals surface area contributed by atoms with Gasteiger partial charge in [0.15, 0.2) is 16.8 Å². The van der Waals surface area contributed by atoms with Crippen LogP contribution >= 0.6 is 23.1 Å². The van der Waals surface area contributed by atoms with Crippen molar-refractivity contribution in [3.05, 3.63) is 107 Å². The van der Waals surface area contributed by atoms with Gasteiger partial charge in [0.05, 0.1) is 21.9 Å². The van der Waals surface area contributed by atoms with Crippen molar-refractivity contribution in [3.63, 3.8) is 0 Å². The van der Waals surface area contributed by atoms with E-state index in [0.717, 1.165) is 22.7 Å². The number of benzene rings is 2. The topological polar surface area (TPSA) is 103 Å². The zero-order chi connectivity index (χ0) is 27.3. The summed E-state index contributed by atoms with van der Waals surface area (Å²) < 4.78 is 2.07. The number of hydrogen-bond acceptors (Lipinski definition) is 8. The fourth-order valence-corrected chi connectivity index (χ4v) is 6.31. The third-order valence-electron chi connectivity index (χ3n) is 6.82. The molecule has 5 aromatic rings. The fraction of sp³-hybridized carbons (Fsp3) is 0.200. The number of carbonyl (C=O) groups is 2. The van der Waals surface area contributed by atoms with Gasteiger partial charge >= 0.3 is 0 Å². The van der Waals surface area contributed by atoms with Gasteiger partial charge in [-0.3, -0.25) is 14.9 Å². The molecule has 1 amide bonds. The second-order valence-electron chi connectivity index (χ2n) is 9.50. The Balaban J connectivity index is 1.13. The fourth-order valence-electron chi connectivity index (χ4n) is 4.83. The first-order chi connectivity index (χ1) is 19.6. The number of thiophene rings is 1. The van der Waals surface area contributed by atoms with Gasteiger partial charge in [0.25, 0.3) is 0 Å². The molecule has 1 atom stereocenters. The molecule has 0 bridgehead atoms. The number of nitrogens with one attached hydrogen (secondary N) is 1. The van der Waals surface area contributed by atoms with E-state index in [1.165, 1.54) is 23.5 Å². The maximum Gasteiger partial charge on any atom is 0.237 e. The Bertz CT molecular complexity index is 1620. The van der Waals surface area contributed by atoms with Gasteiger partial charge in [-0.25, -0.2) is 9.97 Å². The van der Waals surface area contributed by atoms with Gasteiger partial charge in [-0.1, -0.05) is 78.5 Å². The minimum absolute atomic E-state index is 0.0277. The van der Waals surface area contributed by atoms with Crippen molar-refractivity contribution >= 4 is 40.7 Å². The largest absolute Gasteiger partial charge is 0.301 e. The van der Waals surface area contributed by atoms with E-state index >= 15 is 0 Å². The van der Waals surface area contributed by atoms with E-state index < -0.39 is 0 Å². The van der Waals surface area contributed by atoms with Gasteiger partial charge in [-0.15, -0.1) is 21.5 Å². The van der Waals surface area contributed by atoms with Crippen molar-refractivity contribution in [1.29, 1.82) is 0 Å². The van der Waals surface area contributed by atoms with Crippen LogP contribution in [-0.2, 0) is 24.2 Å². The molecule has 40 heavy (non-hydrogen) atoms. The third kappa shape index (κ3) is 5.88. The van der Waals surface area contributed by atoms with Crippen LogP contribution < -0.4 is 5.32 Å². The number of aryl methyl sites for hydroxylation is 1. The van der Waals surface area contributed by atoms with Crippen molar-refractivity contribution < 1.29 is 9.59 Å². The molecule has 1 aliphatic carbocycles. The average Bonchev–Trinajstić information content (AvgIpc) is 3.66. The van der Waals surface area contributed by atoms with Crippen LogP contribution in [-0.4, -0.2) is 42.2 Å². The molecule has 1 aliphatic rings. The number of aromatic nitrogens is 5. The lowest BCUT2D eigenvalue weighted by Gasteiger charge is -2.23. The number of rotatable bonds is 9. The van der Waals surface area contributed by atoms with E-state index in [0.29, 0.717) is 35.8 Å².